The van der Waals surface area contributed by atoms with Crippen LogP contribution in [0.1, 0.15) is 97.1 Å². The van der Waals surface area contributed by atoms with Gasteiger partial charge < -0.3 is 55.2 Å². The molecular weight excluding hydrogens is 819 g/mol. The van der Waals surface area contributed by atoms with E-state index in [1.54, 1.807) is 48.5 Å². The van der Waals surface area contributed by atoms with Gasteiger partial charge in [0.15, 0.2) is 23.0 Å². The van der Waals surface area contributed by atoms with Crippen LogP contribution < -0.4 is 35.2 Å². The van der Waals surface area contributed by atoms with Gasteiger partial charge in [0, 0.05) is 80.6 Å². The quantitative estimate of drug-likeness (QED) is 0.113. The molecule has 2 aliphatic rings. The van der Waals surface area contributed by atoms with Crippen LogP contribution in [0, 0.1) is 23.5 Å². The standard InChI is InChI=1S/C23H30FN3O4.C19H22FN3O4.C4H10O/c1-14(2)13-31-21-10-18(24)16(9-20(21)30-4)23(28)27-7-5-15(6-8-27)17-12-26-22(25)11-19(17)29-3;1-26-16-9-18(21)22-10-13(16)11-3-5-23(6-4-11)19(25)12-7-17(27-2)15(24)8-14(12)20;1-4(2)3-5/h9-12,14-15H,5-8,13H2,1-4H3,(H2,25,26);7-11,24H,3-6H2,1-2H3,(H2,21,22);4-5H,3H2,1-2H3. The van der Waals surface area contributed by atoms with Gasteiger partial charge in [0.25, 0.3) is 11.8 Å². The van der Waals surface area contributed by atoms with Crippen LogP contribution in [0.5, 0.6) is 34.5 Å². The summed E-state index contributed by atoms with van der Waals surface area (Å²) in [6, 6.07) is 8.16. The number of aliphatic hydroxyl groups is 1. The molecule has 2 amide bonds. The Hall–Kier alpha value is -6.10. The average Bonchev–Trinajstić information content (AvgIpc) is 3.28. The van der Waals surface area contributed by atoms with Crippen LogP contribution >= 0.6 is 0 Å². The molecular formula is C46H62F2N6O9. The molecule has 0 atom stereocenters. The molecule has 2 aromatic carbocycles. The van der Waals surface area contributed by atoms with Crippen molar-refractivity contribution in [3.8, 4) is 34.5 Å². The molecule has 2 saturated heterocycles. The number of methoxy groups -OCH3 is 4. The minimum Gasteiger partial charge on any atom is -0.504 e. The molecule has 0 unspecified atom stereocenters. The zero-order valence-electron chi connectivity index (χ0n) is 37.5. The highest BCUT2D eigenvalue weighted by molar-refractivity contribution is 5.96. The van der Waals surface area contributed by atoms with Crippen molar-refractivity contribution in [1.82, 2.24) is 19.8 Å². The molecule has 15 nitrogen and oxygen atoms in total. The van der Waals surface area contributed by atoms with Crippen molar-refractivity contribution < 1.29 is 52.3 Å². The van der Waals surface area contributed by atoms with Crippen LogP contribution in [-0.4, -0.2) is 110 Å². The van der Waals surface area contributed by atoms with Gasteiger partial charge in [-0.25, -0.2) is 18.7 Å². The number of nitrogens with zero attached hydrogens (tertiary/aromatic N) is 4. The number of pyridine rings is 2. The van der Waals surface area contributed by atoms with Crippen molar-refractivity contribution in [3.63, 3.8) is 0 Å². The van der Waals surface area contributed by atoms with E-state index in [1.807, 2.05) is 27.7 Å². The summed E-state index contributed by atoms with van der Waals surface area (Å²) in [4.78, 5) is 37.3. The fourth-order valence-corrected chi connectivity index (χ4v) is 7.12. The minimum atomic E-state index is -0.773. The predicted octanol–water partition coefficient (Wildman–Crippen LogP) is 7.05. The Morgan fingerprint density at radius 2 is 1.05 bits per heavy atom. The number of hydrogen-bond donors (Lipinski definition) is 4. The highest BCUT2D eigenvalue weighted by Gasteiger charge is 2.30. The molecule has 6 rings (SSSR count). The number of piperidine rings is 2. The Bertz CT molecular complexity index is 2140. The van der Waals surface area contributed by atoms with Gasteiger partial charge in [-0.2, -0.15) is 0 Å². The van der Waals surface area contributed by atoms with E-state index in [1.165, 1.54) is 32.4 Å². The summed E-state index contributed by atoms with van der Waals surface area (Å²) in [5.41, 5.74) is 13.2. The first-order valence-electron chi connectivity index (χ1n) is 20.9. The van der Waals surface area contributed by atoms with E-state index in [2.05, 4.69) is 9.97 Å². The molecule has 2 aromatic heterocycles. The zero-order chi connectivity index (χ0) is 46.4. The molecule has 6 N–H and O–H groups in total. The molecule has 2 aliphatic heterocycles. The molecule has 63 heavy (non-hydrogen) atoms. The second kappa shape index (κ2) is 23.4. The number of aromatic nitrogens is 2. The summed E-state index contributed by atoms with van der Waals surface area (Å²) in [5.74, 6) is 1.46. The predicted molar refractivity (Wildman–Crippen MR) is 236 cm³/mol. The molecule has 0 aliphatic carbocycles. The van der Waals surface area contributed by atoms with Crippen LogP contribution in [0.2, 0.25) is 0 Å². The third-order valence-corrected chi connectivity index (χ3v) is 10.6. The minimum absolute atomic E-state index is 0.0149. The number of hydrogen-bond acceptors (Lipinski definition) is 13. The Kier molecular flexibility index (Phi) is 18.4. The lowest BCUT2D eigenvalue weighted by Gasteiger charge is -2.33. The van der Waals surface area contributed by atoms with E-state index < -0.39 is 17.5 Å². The monoisotopic (exact) mass is 880 g/mol. The maximum atomic E-state index is 14.8. The van der Waals surface area contributed by atoms with Crippen LogP contribution in [0.25, 0.3) is 0 Å². The van der Waals surface area contributed by atoms with Crippen molar-refractivity contribution in [2.75, 3.05) is 79.3 Å². The Balaban J connectivity index is 0.000000252. The van der Waals surface area contributed by atoms with Gasteiger partial charge >= 0.3 is 0 Å². The number of likely N-dealkylation sites (tertiary alicyclic amines) is 2. The molecule has 0 saturated carbocycles. The maximum absolute atomic E-state index is 14.8. The zero-order valence-corrected chi connectivity index (χ0v) is 37.5. The molecule has 17 heteroatoms. The Morgan fingerprint density at radius 3 is 1.43 bits per heavy atom. The number of benzene rings is 2. The molecule has 0 radical (unpaired) electrons. The number of anilines is 2. The third-order valence-electron chi connectivity index (χ3n) is 10.6. The first-order chi connectivity index (χ1) is 30.0. The van der Waals surface area contributed by atoms with Gasteiger partial charge in [0.05, 0.1) is 46.2 Å². The fourth-order valence-electron chi connectivity index (χ4n) is 7.12. The lowest BCUT2D eigenvalue weighted by Crippen LogP contribution is -2.38. The van der Waals surface area contributed by atoms with Crippen LogP contribution in [0.4, 0.5) is 20.4 Å². The maximum Gasteiger partial charge on any atom is 0.256 e. The largest absolute Gasteiger partial charge is 0.504 e. The van der Waals surface area contributed by atoms with Crippen LogP contribution in [0.15, 0.2) is 48.8 Å². The molecule has 0 bridgehead atoms. The summed E-state index contributed by atoms with van der Waals surface area (Å²) >= 11 is 0. The van der Waals surface area contributed by atoms with Gasteiger partial charge in [-0.3, -0.25) is 9.59 Å². The van der Waals surface area contributed by atoms with Crippen molar-refractivity contribution >= 4 is 23.5 Å². The highest BCUT2D eigenvalue weighted by Crippen LogP contribution is 2.38. The summed E-state index contributed by atoms with van der Waals surface area (Å²) in [6.45, 7) is 10.6. The number of nitrogens with two attached hydrogens (primary N) is 2. The molecule has 0 spiro atoms. The van der Waals surface area contributed by atoms with E-state index >= 15 is 0 Å². The van der Waals surface area contributed by atoms with Crippen LogP contribution in [-0.2, 0) is 0 Å². The molecule has 4 aromatic rings. The summed E-state index contributed by atoms with van der Waals surface area (Å²) < 4.78 is 55.7. The van der Waals surface area contributed by atoms with E-state index in [9.17, 15) is 23.5 Å². The first-order valence-corrected chi connectivity index (χ1v) is 20.9. The molecule has 2 fully saturated rings. The van der Waals surface area contributed by atoms with E-state index in [0.29, 0.717) is 92.8 Å². The summed E-state index contributed by atoms with van der Waals surface area (Å²) in [7, 11) is 6.00. The number of carbonyl (C=O) groups is 2. The Morgan fingerprint density at radius 1 is 0.651 bits per heavy atom. The second-order valence-corrected chi connectivity index (χ2v) is 16.1. The average molecular weight is 881 g/mol. The van der Waals surface area contributed by atoms with E-state index in [4.69, 9.17) is 40.3 Å². The number of phenols is 1. The highest BCUT2D eigenvalue weighted by atomic mass is 19.1. The smallest absolute Gasteiger partial charge is 0.256 e. The lowest BCUT2D eigenvalue weighted by molar-refractivity contribution is 0.0699. The number of aromatic hydroxyl groups is 1. The second-order valence-electron chi connectivity index (χ2n) is 16.1. The number of amides is 2. The lowest BCUT2D eigenvalue weighted by atomic mass is 9.89. The first kappa shape index (κ1) is 49.6. The van der Waals surface area contributed by atoms with Gasteiger partial charge in [0.2, 0.25) is 0 Å². The number of halogens is 2. The normalized spacial score (nSPS) is 14.3. The van der Waals surface area contributed by atoms with Crippen molar-refractivity contribution in [1.29, 1.82) is 0 Å². The summed E-state index contributed by atoms with van der Waals surface area (Å²) in [5, 5.41) is 17.8. The number of rotatable bonds is 12. The van der Waals surface area contributed by atoms with Crippen LogP contribution in [0.3, 0.4) is 0 Å². The molecule has 4 heterocycles. The third kappa shape index (κ3) is 13.2. The van der Waals surface area contributed by atoms with Gasteiger partial charge in [0.1, 0.15) is 34.8 Å². The van der Waals surface area contributed by atoms with Gasteiger partial charge in [-0.05, 0) is 61.5 Å². The van der Waals surface area contributed by atoms with E-state index in [0.717, 1.165) is 30.0 Å². The number of phenolic OH excluding ortho intramolecular Hbond substituents is 1. The number of carbonyl (C=O) groups excluding carboxylic acids is 2. The van der Waals surface area contributed by atoms with Gasteiger partial charge in [-0.1, -0.05) is 27.7 Å². The SMILES string of the molecule is CC(C)CO.COc1cc(C(=O)N2CCC(c3cnc(N)cc3OC)CC2)c(F)cc1O.COc1cc(C(=O)N2CCC(c3cnc(N)cc3OC)CC2)c(F)cc1OCC(C)C. The molecule has 344 valence electrons. The number of ether oxygens (including phenoxy) is 5. The van der Waals surface area contributed by atoms with E-state index in [-0.39, 0.29) is 46.3 Å². The fraction of sp³-hybridized carbons (Fsp3) is 0.478. The Labute approximate surface area is 368 Å². The van der Waals surface area contributed by atoms with Gasteiger partial charge in [-0.15, -0.1) is 0 Å². The van der Waals surface area contributed by atoms with Crippen molar-refractivity contribution in [2.24, 2.45) is 11.8 Å². The van der Waals surface area contributed by atoms with Crippen molar-refractivity contribution in [2.45, 2.75) is 65.2 Å². The van der Waals surface area contributed by atoms with Crippen molar-refractivity contribution in [3.05, 3.63) is 82.7 Å². The number of aliphatic hydroxyl groups excluding tert-OH is 1. The topological polar surface area (TPSA) is 205 Å². The summed E-state index contributed by atoms with van der Waals surface area (Å²) in [6.07, 6.45) is 6.29. The number of nitrogen functional groups attached to an aromatic ring is 2.